The van der Waals surface area contributed by atoms with E-state index in [1.54, 1.807) is 12.1 Å². The number of fused-ring (bicyclic) bond motifs is 3. The number of hydrogen-bond donors (Lipinski definition) is 1. The molecule has 3 nitrogen and oxygen atoms in total. The Balaban J connectivity index is 1.55. The Morgan fingerprint density at radius 3 is 2.56 bits per heavy atom. The Morgan fingerprint density at radius 1 is 1.07 bits per heavy atom. The number of aliphatic hydroxyl groups excluding tert-OH is 1. The highest BCUT2D eigenvalue weighted by molar-refractivity contribution is 7.85. The molecular formula is C22H25FO3S. The number of aryl methyl sites for hydroxylation is 2. The lowest BCUT2D eigenvalue weighted by molar-refractivity contribution is 0.239. The highest BCUT2D eigenvalue weighted by Gasteiger charge is 2.20. The molecule has 0 amide bonds. The molecular weight excluding hydrogens is 363 g/mol. The Bertz CT molecular complexity index is 855. The highest BCUT2D eigenvalue weighted by Crippen LogP contribution is 2.36. The van der Waals surface area contributed by atoms with Crippen LogP contribution in [0.25, 0.3) is 11.1 Å². The zero-order chi connectivity index (χ0) is 18.8. The van der Waals surface area contributed by atoms with Crippen molar-refractivity contribution in [1.82, 2.24) is 0 Å². The van der Waals surface area contributed by atoms with E-state index in [0.29, 0.717) is 18.1 Å². The Hall–Kier alpha value is -1.72. The Morgan fingerprint density at radius 2 is 1.81 bits per heavy atom. The van der Waals surface area contributed by atoms with Gasteiger partial charge in [0.05, 0.1) is 13.2 Å². The van der Waals surface area contributed by atoms with E-state index >= 15 is 0 Å². The van der Waals surface area contributed by atoms with Crippen LogP contribution in [0.2, 0.25) is 0 Å². The molecule has 1 fully saturated rings. The number of rotatable bonds is 4. The van der Waals surface area contributed by atoms with Crippen LogP contribution in [0, 0.1) is 11.7 Å². The largest absolute Gasteiger partial charge is 0.493 e. The predicted octanol–water partition coefficient (Wildman–Crippen LogP) is 4.01. The molecule has 1 saturated heterocycles. The molecule has 0 spiro atoms. The number of hydrogen-bond acceptors (Lipinski definition) is 3. The van der Waals surface area contributed by atoms with Crippen LogP contribution < -0.4 is 4.74 Å². The van der Waals surface area contributed by atoms with Gasteiger partial charge in [0.15, 0.2) is 0 Å². The zero-order valence-electron chi connectivity index (χ0n) is 15.4. The quantitative estimate of drug-likeness (QED) is 0.861. The van der Waals surface area contributed by atoms with Crippen LogP contribution >= 0.6 is 0 Å². The van der Waals surface area contributed by atoms with Crippen LogP contribution in [-0.2, 0) is 30.2 Å². The summed E-state index contributed by atoms with van der Waals surface area (Å²) >= 11 is 0. The minimum absolute atomic E-state index is 0.290. The van der Waals surface area contributed by atoms with Crippen LogP contribution in [0.15, 0.2) is 30.3 Å². The third-order valence-corrected chi connectivity index (χ3v) is 7.08. The van der Waals surface area contributed by atoms with Crippen LogP contribution in [0.4, 0.5) is 4.39 Å². The third-order valence-electron chi connectivity index (χ3n) is 5.69. The van der Waals surface area contributed by atoms with Crippen LogP contribution in [-0.4, -0.2) is 27.4 Å². The van der Waals surface area contributed by atoms with Crippen molar-refractivity contribution in [2.24, 2.45) is 5.92 Å². The van der Waals surface area contributed by atoms with Gasteiger partial charge in [0, 0.05) is 27.9 Å². The molecule has 0 aromatic heterocycles. The fourth-order valence-electron chi connectivity index (χ4n) is 4.06. The first-order valence-corrected chi connectivity index (χ1v) is 11.2. The second-order valence-corrected chi connectivity index (χ2v) is 9.23. The molecule has 2 aromatic carbocycles. The van der Waals surface area contributed by atoms with E-state index in [0.717, 1.165) is 66.0 Å². The molecule has 2 aliphatic rings. The maximum absolute atomic E-state index is 14.1. The molecule has 1 aliphatic heterocycles. The van der Waals surface area contributed by atoms with Crippen molar-refractivity contribution in [2.45, 2.75) is 38.7 Å². The van der Waals surface area contributed by atoms with E-state index in [9.17, 15) is 13.7 Å². The average molecular weight is 389 g/mol. The lowest BCUT2D eigenvalue weighted by atomic mass is 9.94. The summed E-state index contributed by atoms with van der Waals surface area (Å²) in [6.07, 6.45) is 4.68. The standard InChI is InChI=1S/C22H25FO3S/c23-22-12-17-3-1-2-16-10-19(26-14-15-6-8-27(25)9-7-15)4-5-20(16)21(17)11-18(22)13-24/h4-5,10-12,15,24H,1-3,6-9,13-14H2. The predicted molar refractivity (Wildman–Crippen MR) is 106 cm³/mol. The zero-order valence-corrected chi connectivity index (χ0v) is 16.2. The molecule has 0 atom stereocenters. The van der Waals surface area contributed by atoms with Gasteiger partial charge in [0.2, 0.25) is 0 Å². The van der Waals surface area contributed by atoms with E-state index < -0.39 is 10.8 Å². The average Bonchev–Trinajstić information content (AvgIpc) is 2.85. The molecule has 1 heterocycles. The number of aliphatic hydroxyl groups is 1. The maximum atomic E-state index is 14.1. The summed E-state index contributed by atoms with van der Waals surface area (Å²) in [5, 5.41) is 9.41. The first-order chi connectivity index (χ1) is 13.1. The van der Waals surface area contributed by atoms with Crippen molar-refractivity contribution < 1.29 is 18.4 Å². The molecule has 1 N–H and O–H groups in total. The summed E-state index contributed by atoms with van der Waals surface area (Å²) < 4.78 is 31.6. The van der Waals surface area contributed by atoms with Gasteiger partial charge in [0.25, 0.3) is 0 Å². The summed E-state index contributed by atoms with van der Waals surface area (Å²) in [6.45, 7) is 0.383. The molecule has 0 unspecified atom stereocenters. The molecule has 2 aromatic rings. The van der Waals surface area contributed by atoms with Crippen molar-refractivity contribution in [3.05, 3.63) is 52.8 Å². The van der Waals surface area contributed by atoms with Crippen LogP contribution in [0.1, 0.15) is 36.0 Å². The summed E-state index contributed by atoms with van der Waals surface area (Å²) in [5.74, 6) is 2.61. The normalized spacial score (nSPS) is 21.9. The molecule has 4 rings (SSSR count). The number of halogens is 1. The maximum Gasteiger partial charge on any atom is 0.129 e. The lowest BCUT2D eigenvalue weighted by Crippen LogP contribution is -2.23. The SMILES string of the molecule is O=S1CCC(COc2ccc3c(c2)CCCc2cc(F)c(CO)cc2-3)CC1. The summed E-state index contributed by atoms with van der Waals surface area (Å²) in [7, 11) is -0.639. The van der Waals surface area contributed by atoms with Crippen LogP contribution in [0.3, 0.4) is 0 Å². The highest BCUT2D eigenvalue weighted by atomic mass is 32.2. The fourth-order valence-corrected chi connectivity index (χ4v) is 5.46. The van der Waals surface area contributed by atoms with Gasteiger partial charge in [-0.2, -0.15) is 0 Å². The third kappa shape index (κ3) is 4.09. The first-order valence-electron chi connectivity index (χ1n) is 9.67. The van der Waals surface area contributed by atoms with Crippen LogP contribution in [0.5, 0.6) is 5.75 Å². The van der Waals surface area contributed by atoms with E-state index in [-0.39, 0.29) is 12.4 Å². The molecule has 0 radical (unpaired) electrons. The Kier molecular flexibility index (Phi) is 5.60. The van der Waals surface area contributed by atoms with Gasteiger partial charge >= 0.3 is 0 Å². The first kappa shape index (κ1) is 18.6. The summed E-state index contributed by atoms with van der Waals surface area (Å²) in [4.78, 5) is 0. The molecule has 0 saturated carbocycles. The van der Waals surface area contributed by atoms with Crippen molar-refractivity contribution in [3.8, 4) is 16.9 Å². The molecule has 1 aliphatic carbocycles. The Labute approximate surface area is 162 Å². The van der Waals surface area contributed by atoms with Gasteiger partial charge in [-0.25, -0.2) is 4.39 Å². The minimum atomic E-state index is -0.639. The van der Waals surface area contributed by atoms with Gasteiger partial charge in [-0.15, -0.1) is 0 Å². The summed E-state index contributed by atoms with van der Waals surface area (Å²) in [6, 6.07) is 9.51. The lowest BCUT2D eigenvalue weighted by Gasteiger charge is -2.22. The molecule has 0 bridgehead atoms. The van der Waals surface area contributed by atoms with Gasteiger partial charge < -0.3 is 9.84 Å². The second-order valence-electron chi connectivity index (χ2n) is 7.53. The van der Waals surface area contributed by atoms with Gasteiger partial charge in [-0.1, -0.05) is 6.07 Å². The fraction of sp³-hybridized carbons (Fsp3) is 0.455. The second kappa shape index (κ2) is 8.11. The van der Waals surface area contributed by atoms with E-state index in [2.05, 4.69) is 12.1 Å². The topological polar surface area (TPSA) is 46.5 Å². The monoisotopic (exact) mass is 388 g/mol. The smallest absolute Gasteiger partial charge is 0.129 e. The van der Waals surface area contributed by atoms with Gasteiger partial charge in [0.1, 0.15) is 11.6 Å². The minimum Gasteiger partial charge on any atom is -0.493 e. The van der Waals surface area contributed by atoms with E-state index in [1.807, 2.05) is 6.07 Å². The number of ether oxygens (including phenoxy) is 1. The van der Waals surface area contributed by atoms with Gasteiger partial charge in [-0.3, -0.25) is 4.21 Å². The van der Waals surface area contributed by atoms with E-state index in [4.69, 9.17) is 4.74 Å². The van der Waals surface area contributed by atoms with Gasteiger partial charge in [-0.05, 0) is 84.5 Å². The van der Waals surface area contributed by atoms with Crippen molar-refractivity contribution in [1.29, 1.82) is 0 Å². The number of benzene rings is 2. The van der Waals surface area contributed by atoms with Crippen molar-refractivity contribution in [3.63, 3.8) is 0 Å². The van der Waals surface area contributed by atoms with E-state index in [1.165, 1.54) is 5.56 Å². The molecule has 144 valence electrons. The molecule has 27 heavy (non-hydrogen) atoms. The summed E-state index contributed by atoms with van der Waals surface area (Å²) in [5.41, 5.74) is 4.70. The molecule has 5 heteroatoms. The van der Waals surface area contributed by atoms with Crippen molar-refractivity contribution in [2.75, 3.05) is 18.1 Å². The van der Waals surface area contributed by atoms with Crippen molar-refractivity contribution >= 4 is 10.8 Å².